The number of carbonyl (C=O) groups excluding carboxylic acids is 1. The first-order valence-electron chi connectivity index (χ1n) is 7.90. The summed E-state index contributed by atoms with van der Waals surface area (Å²) >= 11 is 6.08. The summed E-state index contributed by atoms with van der Waals surface area (Å²) in [7, 11) is 3.02. The van der Waals surface area contributed by atoms with Crippen LogP contribution >= 0.6 is 11.6 Å². The van der Waals surface area contributed by atoms with Crippen LogP contribution in [-0.4, -0.2) is 29.9 Å². The first-order chi connectivity index (χ1) is 12.6. The zero-order valence-corrected chi connectivity index (χ0v) is 15.2. The number of benzene rings is 2. The normalized spacial score (nSPS) is 10.4. The van der Waals surface area contributed by atoms with Gasteiger partial charge in [0.15, 0.2) is 0 Å². The number of carbonyl (C=O) groups is 1. The Morgan fingerprint density at radius 3 is 2.50 bits per heavy atom. The number of methoxy groups -OCH3 is 2. The smallest absolute Gasteiger partial charge is 0.255 e. The molecule has 0 spiro atoms. The maximum absolute atomic E-state index is 12.5. The summed E-state index contributed by atoms with van der Waals surface area (Å²) in [4.78, 5) is 12.5. The molecule has 7 heteroatoms. The number of amides is 1. The molecule has 0 aliphatic heterocycles. The number of ether oxygens (including phenoxy) is 2. The Kier molecular flexibility index (Phi) is 5.43. The fourth-order valence-corrected chi connectivity index (χ4v) is 2.73. The summed E-state index contributed by atoms with van der Waals surface area (Å²) in [5.41, 5.74) is 2.07. The largest absolute Gasteiger partial charge is 0.495 e. The SMILES string of the molecule is COc1cc(NC(=O)c2ccc(Cn3cccn3)cc2)c(OC)cc1Cl. The third kappa shape index (κ3) is 3.97. The van der Waals surface area contributed by atoms with E-state index in [1.165, 1.54) is 14.2 Å². The first kappa shape index (κ1) is 17.8. The van der Waals surface area contributed by atoms with Crippen LogP contribution in [0.3, 0.4) is 0 Å². The highest BCUT2D eigenvalue weighted by atomic mass is 35.5. The number of halogens is 1. The van der Waals surface area contributed by atoms with Crippen molar-refractivity contribution in [2.24, 2.45) is 0 Å². The molecular weight excluding hydrogens is 354 g/mol. The van der Waals surface area contributed by atoms with Crippen LogP contribution in [0, 0.1) is 0 Å². The maximum atomic E-state index is 12.5. The zero-order valence-electron chi connectivity index (χ0n) is 14.4. The summed E-state index contributed by atoms with van der Waals surface area (Å²) in [6.07, 6.45) is 3.62. The highest BCUT2D eigenvalue weighted by Gasteiger charge is 2.14. The van der Waals surface area contributed by atoms with Gasteiger partial charge in [-0.1, -0.05) is 23.7 Å². The molecule has 0 saturated carbocycles. The van der Waals surface area contributed by atoms with E-state index in [1.807, 2.05) is 29.1 Å². The molecule has 1 aromatic heterocycles. The Morgan fingerprint density at radius 1 is 1.15 bits per heavy atom. The molecular formula is C19H18ClN3O3. The van der Waals surface area contributed by atoms with Gasteiger partial charge in [-0.2, -0.15) is 5.10 Å². The third-order valence-corrected chi connectivity index (χ3v) is 4.14. The van der Waals surface area contributed by atoms with Crippen LogP contribution in [0.1, 0.15) is 15.9 Å². The van der Waals surface area contributed by atoms with Crippen molar-refractivity contribution >= 4 is 23.2 Å². The number of anilines is 1. The number of hydrogen-bond donors (Lipinski definition) is 1. The Labute approximate surface area is 156 Å². The topological polar surface area (TPSA) is 65.4 Å². The molecule has 0 aliphatic rings. The van der Waals surface area contributed by atoms with Crippen molar-refractivity contribution in [3.63, 3.8) is 0 Å². The molecule has 1 amide bonds. The fraction of sp³-hybridized carbons (Fsp3) is 0.158. The monoisotopic (exact) mass is 371 g/mol. The summed E-state index contributed by atoms with van der Waals surface area (Å²) in [5.74, 6) is 0.662. The molecule has 1 heterocycles. The van der Waals surface area contributed by atoms with Gasteiger partial charge >= 0.3 is 0 Å². The van der Waals surface area contributed by atoms with E-state index >= 15 is 0 Å². The van der Waals surface area contributed by atoms with Gasteiger partial charge in [-0.05, 0) is 23.8 Å². The molecule has 6 nitrogen and oxygen atoms in total. The van der Waals surface area contributed by atoms with E-state index in [4.69, 9.17) is 21.1 Å². The summed E-state index contributed by atoms with van der Waals surface area (Å²) < 4.78 is 12.3. The molecule has 0 atom stereocenters. The van der Waals surface area contributed by atoms with Crippen LogP contribution in [0.2, 0.25) is 5.02 Å². The van der Waals surface area contributed by atoms with Crippen LogP contribution < -0.4 is 14.8 Å². The van der Waals surface area contributed by atoms with Gasteiger partial charge in [0.2, 0.25) is 0 Å². The van der Waals surface area contributed by atoms with Gasteiger partial charge in [-0.15, -0.1) is 0 Å². The zero-order chi connectivity index (χ0) is 18.5. The maximum Gasteiger partial charge on any atom is 0.255 e. The van der Waals surface area contributed by atoms with Crippen molar-refractivity contribution < 1.29 is 14.3 Å². The average Bonchev–Trinajstić information content (AvgIpc) is 3.16. The molecule has 0 aliphatic carbocycles. The van der Waals surface area contributed by atoms with Crippen molar-refractivity contribution in [3.8, 4) is 11.5 Å². The second-order valence-corrected chi connectivity index (χ2v) is 5.95. The Balaban J connectivity index is 1.75. The predicted octanol–water partition coefficient (Wildman–Crippen LogP) is 3.85. The van der Waals surface area contributed by atoms with E-state index in [-0.39, 0.29) is 5.91 Å². The van der Waals surface area contributed by atoms with E-state index < -0.39 is 0 Å². The molecule has 134 valence electrons. The van der Waals surface area contributed by atoms with Crippen LogP contribution in [-0.2, 0) is 6.54 Å². The Morgan fingerprint density at radius 2 is 1.88 bits per heavy atom. The standard InChI is InChI=1S/C19H18ClN3O3/c1-25-17-11-16(18(26-2)10-15(17)20)22-19(24)14-6-4-13(5-7-14)12-23-9-3-8-21-23/h3-11H,12H2,1-2H3,(H,22,24). The van der Waals surface area contributed by atoms with Crippen LogP contribution in [0.5, 0.6) is 11.5 Å². The van der Waals surface area contributed by atoms with Gasteiger partial charge in [0.25, 0.3) is 5.91 Å². The lowest BCUT2D eigenvalue weighted by Gasteiger charge is -2.13. The summed E-state index contributed by atoms with van der Waals surface area (Å²) in [6.45, 7) is 0.650. The first-order valence-corrected chi connectivity index (χ1v) is 8.27. The van der Waals surface area contributed by atoms with Crippen LogP contribution in [0.25, 0.3) is 0 Å². The van der Waals surface area contributed by atoms with Crippen LogP contribution in [0.4, 0.5) is 5.69 Å². The van der Waals surface area contributed by atoms with Crippen molar-refractivity contribution in [3.05, 3.63) is 71.0 Å². The summed E-state index contributed by atoms with van der Waals surface area (Å²) in [6, 6.07) is 12.4. The van der Waals surface area contributed by atoms with E-state index in [9.17, 15) is 4.79 Å². The quantitative estimate of drug-likeness (QED) is 0.714. The lowest BCUT2D eigenvalue weighted by molar-refractivity contribution is 0.102. The number of nitrogens with one attached hydrogen (secondary N) is 1. The predicted molar refractivity (Wildman–Crippen MR) is 100 cm³/mol. The lowest BCUT2D eigenvalue weighted by atomic mass is 10.1. The molecule has 0 unspecified atom stereocenters. The van der Waals surface area contributed by atoms with E-state index in [2.05, 4.69) is 10.4 Å². The van der Waals surface area contributed by atoms with E-state index in [0.29, 0.717) is 34.3 Å². The van der Waals surface area contributed by atoms with Crippen LogP contribution in [0.15, 0.2) is 54.9 Å². The lowest BCUT2D eigenvalue weighted by Crippen LogP contribution is -2.13. The van der Waals surface area contributed by atoms with Gasteiger partial charge in [0.05, 0.1) is 31.5 Å². The Bertz CT molecular complexity index is 893. The molecule has 0 saturated heterocycles. The number of rotatable bonds is 6. The number of hydrogen-bond acceptors (Lipinski definition) is 4. The molecule has 3 aromatic rings. The molecule has 3 rings (SSSR count). The molecule has 2 aromatic carbocycles. The van der Waals surface area contributed by atoms with Gasteiger partial charge in [0, 0.05) is 30.1 Å². The van der Waals surface area contributed by atoms with Gasteiger partial charge in [-0.25, -0.2) is 0 Å². The second-order valence-electron chi connectivity index (χ2n) is 5.54. The van der Waals surface area contributed by atoms with Gasteiger partial charge in [-0.3, -0.25) is 9.48 Å². The third-order valence-electron chi connectivity index (χ3n) is 3.84. The highest BCUT2D eigenvalue weighted by molar-refractivity contribution is 6.32. The molecule has 0 bridgehead atoms. The van der Waals surface area contributed by atoms with Gasteiger partial charge in [0.1, 0.15) is 11.5 Å². The summed E-state index contributed by atoms with van der Waals surface area (Å²) in [5, 5.41) is 7.40. The highest BCUT2D eigenvalue weighted by Crippen LogP contribution is 2.36. The minimum atomic E-state index is -0.252. The van der Waals surface area contributed by atoms with E-state index in [1.54, 1.807) is 30.5 Å². The molecule has 26 heavy (non-hydrogen) atoms. The van der Waals surface area contributed by atoms with Crippen molar-refractivity contribution in [1.29, 1.82) is 0 Å². The Hall–Kier alpha value is -2.99. The second kappa shape index (κ2) is 7.93. The molecule has 1 N–H and O–H groups in total. The van der Waals surface area contributed by atoms with Crippen molar-refractivity contribution in [1.82, 2.24) is 9.78 Å². The molecule has 0 radical (unpaired) electrons. The number of nitrogens with zero attached hydrogens (tertiary/aromatic N) is 2. The van der Waals surface area contributed by atoms with E-state index in [0.717, 1.165) is 5.56 Å². The van der Waals surface area contributed by atoms with Gasteiger partial charge < -0.3 is 14.8 Å². The number of aromatic nitrogens is 2. The average molecular weight is 372 g/mol. The fourth-order valence-electron chi connectivity index (χ4n) is 2.50. The minimum absolute atomic E-state index is 0.252. The van der Waals surface area contributed by atoms with Crippen molar-refractivity contribution in [2.45, 2.75) is 6.54 Å². The molecule has 0 fully saturated rings. The minimum Gasteiger partial charge on any atom is -0.495 e. The van der Waals surface area contributed by atoms with Crippen molar-refractivity contribution in [2.75, 3.05) is 19.5 Å².